The number of benzene rings is 3. The van der Waals surface area contributed by atoms with Crippen LogP contribution < -0.4 is 5.32 Å². The summed E-state index contributed by atoms with van der Waals surface area (Å²) in [5.74, 6) is -0.164. The molecule has 0 heterocycles. The highest BCUT2D eigenvalue weighted by Crippen LogP contribution is 2.19. The molecular formula is C25H28N2O3S. The molecule has 3 aromatic carbocycles. The van der Waals surface area contributed by atoms with E-state index >= 15 is 0 Å². The summed E-state index contributed by atoms with van der Waals surface area (Å²) in [5.41, 5.74) is 4.81. The van der Waals surface area contributed by atoms with Gasteiger partial charge in [0.05, 0.1) is 10.9 Å². The first-order valence-electron chi connectivity index (χ1n) is 10.2. The lowest BCUT2D eigenvalue weighted by molar-refractivity contribution is 0.0940. The maximum absolute atomic E-state index is 12.7. The quantitative estimate of drug-likeness (QED) is 0.588. The summed E-state index contributed by atoms with van der Waals surface area (Å²) in [6.07, 6.45) is 0. The minimum Gasteiger partial charge on any atom is -0.346 e. The van der Waals surface area contributed by atoms with Crippen LogP contribution in [0.4, 0.5) is 0 Å². The molecule has 3 aromatic rings. The summed E-state index contributed by atoms with van der Waals surface area (Å²) < 4.78 is 26.7. The van der Waals surface area contributed by atoms with E-state index < -0.39 is 10.0 Å². The second kappa shape index (κ2) is 9.45. The maximum Gasteiger partial charge on any atom is 0.251 e. The van der Waals surface area contributed by atoms with Crippen molar-refractivity contribution in [1.29, 1.82) is 0 Å². The van der Waals surface area contributed by atoms with Crippen molar-refractivity contribution in [2.24, 2.45) is 0 Å². The normalized spacial score (nSPS) is 12.5. The van der Waals surface area contributed by atoms with E-state index in [9.17, 15) is 13.2 Å². The van der Waals surface area contributed by atoms with Gasteiger partial charge in [-0.1, -0.05) is 48.5 Å². The lowest BCUT2D eigenvalue weighted by Crippen LogP contribution is -2.27. The molecule has 0 aliphatic rings. The lowest BCUT2D eigenvalue weighted by atomic mass is 10.0. The standard InChI is InChI=1S/C25H28N2O3S/c1-18-10-13-23(16-19(18)2)20(3)26-25(28)22-14-11-21(12-15-22)17-27(4)31(29,30)24-8-6-5-7-9-24/h5-16,20H,17H2,1-4H3,(H,26,28)/t20-/m0/s1. The van der Waals surface area contributed by atoms with Crippen LogP contribution in [0.1, 0.15) is 45.6 Å². The molecule has 0 aromatic heterocycles. The number of hydrogen-bond acceptors (Lipinski definition) is 3. The fourth-order valence-corrected chi connectivity index (χ4v) is 4.45. The number of carbonyl (C=O) groups excluding carboxylic acids is 1. The molecular weight excluding hydrogens is 408 g/mol. The third-order valence-corrected chi connectivity index (χ3v) is 7.27. The van der Waals surface area contributed by atoms with Crippen LogP contribution in [-0.4, -0.2) is 25.7 Å². The molecule has 0 aliphatic heterocycles. The second-order valence-corrected chi connectivity index (χ2v) is 9.85. The average molecular weight is 437 g/mol. The van der Waals surface area contributed by atoms with Crippen LogP contribution in [0.2, 0.25) is 0 Å². The SMILES string of the molecule is Cc1ccc([C@H](C)NC(=O)c2ccc(CN(C)S(=O)(=O)c3ccccc3)cc2)cc1C. The predicted molar refractivity (Wildman–Crippen MR) is 123 cm³/mol. The molecule has 31 heavy (non-hydrogen) atoms. The van der Waals surface area contributed by atoms with Crippen molar-refractivity contribution < 1.29 is 13.2 Å². The van der Waals surface area contributed by atoms with Crippen LogP contribution in [0.5, 0.6) is 0 Å². The van der Waals surface area contributed by atoms with Crippen LogP contribution >= 0.6 is 0 Å². The van der Waals surface area contributed by atoms with Gasteiger partial charge < -0.3 is 5.32 Å². The molecule has 1 atom stereocenters. The number of nitrogens with one attached hydrogen (secondary N) is 1. The zero-order valence-corrected chi connectivity index (χ0v) is 19.1. The molecule has 3 rings (SSSR count). The Balaban J connectivity index is 1.65. The fourth-order valence-electron chi connectivity index (χ4n) is 3.27. The summed E-state index contributed by atoms with van der Waals surface area (Å²) in [4.78, 5) is 12.9. The van der Waals surface area contributed by atoms with Gasteiger partial charge in [0.1, 0.15) is 0 Å². The molecule has 5 nitrogen and oxygen atoms in total. The molecule has 1 N–H and O–H groups in total. The van der Waals surface area contributed by atoms with Gasteiger partial charge in [-0.15, -0.1) is 0 Å². The molecule has 0 saturated carbocycles. The fraction of sp³-hybridized carbons (Fsp3) is 0.240. The highest BCUT2D eigenvalue weighted by molar-refractivity contribution is 7.89. The topological polar surface area (TPSA) is 66.5 Å². The van der Waals surface area contributed by atoms with E-state index in [0.29, 0.717) is 5.56 Å². The second-order valence-electron chi connectivity index (χ2n) is 7.81. The molecule has 0 fully saturated rings. The van der Waals surface area contributed by atoms with Gasteiger partial charge >= 0.3 is 0 Å². The maximum atomic E-state index is 12.7. The smallest absolute Gasteiger partial charge is 0.251 e. The number of nitrogens with zero attached hydrogens (tertiary/aromatic N) is 1. The Labute approximate surface area is 184 Å². The number of amides is 1. The number of carbonyl (C=O) groups is 1. The predicted octanol–water partition coefficient (Wildman–Crippen LogP) is 4.62. The van der Waals surface area contributed by atoms with Crippen LogP contribution in [0, 0.1) is 13.8 Å². The summed E-state index contributed by atoms with van der Waals surface area (Å²) in [6, 6.07) is 21.4. The summed E-state index contributed by atoms with van der Waals surface area (Å²) in [5, 5.41) is 3.02. The summed E-state index contributed by atoms with van der Waals surface area (Å²) >= 11 is 0. The molecule has 162 valence electrons. The van der Waals surface area contributed by atoms with Gasteiger partial charge in [-0.3, -0.25) is 4.79 Å². The Morgan fingerprint density at radius 2 is 1.58 bits per heavy atom. The largest absolute Gasteiger partial charge is 0.346 e. The van der Waals surface area contributed by atoms with Crippen molar-refractivity contribution in [3.05, 3.63) is 101 Å². The van der Waals surface area contributed by atoms with Crippen molar-refractivity contribution in [2.45, 2.75) is 38.3 Å². The molecule has 1 amide bonds. The first-order chi connectivity index (χ1) is 14.7. The van der Waals surface area contributed by atoms with Crippen molar-refractivity contribution in [2.75, 3.05) is 7.05 Å². The number of hydrogen-bond donors (Lipinski definition) is 1. The van der Waals surface area contributed by atoms with E-state index in [1.54, 1.807) is 61.6 Å². The van der Waals surface area contributed by atoms with Crippen LogP contribution in [0.15, 0.2) is 77.7 Å². The molecule has 6 heteroatoms. The highest BCUT2D eigenvalue weighted by Gasteiger charge is 2.20. The molecule has 0 saturated heterocycles. The van der Waals surface area contributed by atoms with E-state index in [2.05, 4.69) is 31.3 Å². The third kappa shape index (κ3) is 5.40. The highest BCUT2D eigenvalue weighted by atomic mass is 32.2. The Bertz CT molecular complexity index is 1160. The zero-order chi connectivity index (χ0) is 22.6. The molecule has 0 radical (unpaired) electrons. The van der Waals surface area contributed by atoms with Crippen LogP contribution in [0.3, 0.4) is 0 Å². The van der Waals surface area contributed by atoms with E-state index in [-0.39, 0.29) is 23.4 Å². The van der Waals surface area contributed by atoms with Crippen molar-refractivity contribution in [1.82, 2.24) is 9.62 Å². The Morgan fingerprint density at radius 3 is 2.19 bits per heavy atom. The van der Waals surface area contributed by atoms with E-state index in [4.69, 9.17) is 0 Å². The summed E-state index contributed by atoms with van der Waals surface area (Å²) in [6.45, 7) is 6.30. The van der Waals surface area contributed by atoms with Gasteiger partial charge in [0.25, 0.3) is 5.91 Å². The van der Waals surface area contributed by atoms with Crippen molar-refractivity contribution in [3.8, 4) is 0 Å². The first-order valence-corrected chi connectivity index (χ1v) is 11.6. The van der Waals surface area contributed by atoms with Crippen LogP contribution in [-0.2, 0) is 16.6 Å². The van der Waals surface area contributed by atoms with E-state index in [1.165, 1.54) is 15.4 Å². The van der Waals surface area contributed by atoms with Crippen molar-refractivity contribution in [3.63, 3.8) is 0 Å². The van der Waals surface area contributed by atoms with Crippen LogP contribution in [0.25, 0.3) is 0 Å². The summed E-state index contributed by atoms with van der Waals surface area (Å²) in [7, 11) is -2.01. The number of sulfonamides is 1. The van der Waals surface area contributed by atoms with Gasteiger partial charge in [-0.25, -0.2) is 8.42 Å². The van der Waals surface area contributed by atoms with Gasteiger partial charge in [0.15, 0.2) is 0 Å². The number of rotatable bonds is 7. The van der Waals surface area contributed by atoms with Gasteiger partial charge in [-0.05, 0) is 67.3 Å². The Morgan fingerprint density at radius 1 is 0.935 bits per heavy atom. The first kappa shape index (κ1) is 22.7. The molecule has 0 unspecified atom stereocenters. The monoisotopic (exact) mass is 436 g/mol. The minimum absolute atomic E-state index is 0.117. The molecule has 0 spiro atoms. The third-order valence-electron chi connectivity index (χ3n) is 5.45. The Hall–Kier alpha value is -2.96. The van der Waals surface area contributed by atoms with Gasteiger partial charge in [-0.2, -0.15) is 4.31 Å². The molecule has 0 aliphatic carbocycles. The average Bonchev–Trinajstić information content (AvgIpc) is 2.76. The lowest BCUT2D eigenvalue weighted by Gasteiger charge is -2.18. The zero-order valence-electron chi connectivity index (χ0n) is 18.3. The van der Waals surface area contributed by atoms with Gasteiger partial charge in [0, 0.05) is 19.2 Å². The molecule has 0 bridgehead atoms. The van der Waals surface area contributed by atoms with Gasteiger partial charge in [0.2, 0.25) is 10.0 Å². The minimum atomic E-state index is -3.56. The van der Waals surface area contributed by atoms with Crippen molar-refractivity contribution >= 4 is 15.9 Å². The van der Waals surface area contributed by atoms with E-state index in [1.807, 2.05) is 13.0 Å². The van der Waals surface area contributed by atoms with E-state index in [0.717, 1.165) is 11.1 Å². The number of aryl methyl sites for hydroxylation is 2. The Kier molecular flexibility index (Phi) is 6.93.